The van der Waals surface area contributed by atoms with Crippen molar-refractivity contribution in [3.63, 3.8) is 0 Å². The molecule has 10 heteroatoms. The number of hydrogen-bond donors (Lipinski definition) is 4. The molecule has 3 aromatic rings. The van der Waals surface area contributed by atoms with Gasteiger partial charge in [-0.25, -0.2) is 0 Å². The molecule has 1 aliphatic heterocycles. The molecule has 0 aromatic heterocycles. The quantitative estimate of drug-likeness (QED) is 0.270. The van der Waals surface area contributed by atoms with Crippen LogP contribution in [0.25, 0.3) is 6.08 Å². The summed E-state index contributed by atoms with van der Waals surface area (Å²) in [6, 6.07) is 17.9. The van der Waals surface area contributed by atoms with Gasteiger partial charge in [0.1, 0.15) is 6.04 Å². The maximum atomic E-state index is 13.3. The van der Waals surface area contributed by atoms with Gasteiger partial charge in [0.05, 0.1) is 16.9 Å². The molecule has 1 aliphatic rings. The lowest BCUT2D eigenvalue weighted by Crippen LogP contribution is -2.48. The Morgan fingerprint density at radius 2 is 1.58 bits per heavy atom. The van der Waals surface area contributed by atoms with Gasteiger partial charge in [-0.3, -0.25) is 14.5 Å². The molecule has 2 amide bonds. The number of halogens is 3. The Hall–Kier alpha value is -4.15. The number of piperazine rings is 1. The van der Waals surface area contributed by atoms with Crippen LogP contribution in [0.3, 0.4) is 0 Å². The highest BCUT2D eigenvalue weighted by Gasteiger charge is 2.31. The standard InChI is InChI=1S/C28H28F3N5O2/c29-28(30,31)21-10-12-22(13-11-21)34-27(38)26(36-17-15-33-16-18-36)20-8-5-19(6-9-20)7-14-25(37)35-24-4-2-1-3-23(24)32/h1-14,26,33H,15-18,32H2,(H,34,38)(H,35,37)/b14-7+. The molecule has 0 saturated carbocycles. The molecule has 1 saturated heterocycles. The van der Waals surface area contributed by atoms with Crippen molar-refractivity contribution in [3.8, 4) is 0 Å². The molecule has 4 rings (SSSR count). The normalized spacial score (nSPS) is 15.2. The molecule has 1 fully saturated rings. The Labute approximate surface area is 218 Å². The highest BCUT2D eigenvalue weighted by Crippen LogP contribution is 2.30. The third-order valence-corrected chi connectivity index (χ3v) is 6.14. The predicted octanol–water partition coefficient (Wildman–Crippen LogP) is 4.52. The minimum atomic E-state index is -4.45. The summed E-state index contributed by atoms with van der Waals surface area (Å²) in [6.45, 7) is 2.70. The third kappa shape index (κ3) is 6.99. The van der Waals surface area contributed by atoms with E-state index in [0.29, 0.717) is 37.6 Å². The monoisotopic (exact) mass is 523 g/mol. The Morgan fingerprint density at radius 3 is 2.21 bits per heavy atom. The molecular weight excluding hydrogens is 495 g/mol. The zero-order valence-corrected chi connectivity index (χ0v) is 20.5. The van der Waals surface area contributed by atoms with Crippen LogP contribution in [-0.2, 0) is 15.8 Å². The van der Waals surface area contributed by atoms with Crippen LogP contribution in [0.2, 0.25) is 0 Å². The summed E-state index contributed by atoms with van der Waals surface area (Å²) in [5.41, 5.74) is 7.84. The highest BCUT2D eigenvalue weighted by atomic mass is 19.4. The van der Waals surface area contributed by atoms with Gasteiger partial charge in [-0.15, -0.1) is 0 Å². The Bertz CT molecular complexity index is 1290. The minimum Gasteiger partial charge on any atom is -0.397 e. The number of nitrogen functional groups attached to an aromatic ring is 1. The van der Waals surface area contributed by atoms with E-state index in [1.807, 2.05) is 17.0 Å². The fraction of sp³-hybridized carbons (Fsp3) is 0.214. The minimum absolute atomic E-state index is 0.285. The number of benzene rings is 3. The second-order valence-corrected chi connectivity index (χ2v) is 8.83. The molecule has 0 radical (unpaired) electrons. The second-order valence-electron chi connectivity index (χ2n) is 8.83. The van der Waals surface area contributed by atoms with Gasteiger partial charge >= 0.3 is 6.18 Å². The van der Waals surface area contributed by atoms with E-state index in [1.165, 1.54) is 18.2 Å². The topological polar surface area (TPSA) is 99.5 Å². The first-order valence-electron chi connectivity index (χ1n) is 12.1. The average molecular weight is 524 g/mol. The van der Waals surface area contributed by atoms with Gasteiger partial charge in [0, 0.05) is 37.9 Å². The van der Waals surface area contributed by atoms with Crippen LogP contribution >= 0.6 is 0 Å². The van der Waals surface area contributed by atoms with Crippen LogP contribution in [0, 0.1) is 0 Å². The number of nitrogens with one attached hydrogen (secondary N) is 3. The van der Waals surface area contributed by atoms with Gasteiger partial charge in [0.15, 0.2) is 0 Å². The van der Waals surface area contributed by atoms with Crippen molar-refractivity contribution in [1.82, 2.24) is 10.2 Å². The molecule has 1 heterocycles. The van der Waals surface area contributed by atoms with E-state index in [2.05, 4.69) is 16.0 Å². The number of anilines is 3. The average Bonchev–Trinajstić information content (AvgIpc) is 2.90. The van der Waals surface area contributed by atoms with Gasteiger partial charge in [0.2, 0.25) is 11.8 Å². The number of rotatable bonds is 7. The lowest BCUT2D eigenvalue weighted by Gasteiger charge is -2.34. The maximum Gasteiger partial charge on any atom is 0.416 e. The molecular formula is C28H28F3N5O2. The van der Waals surface area contributed by atoms with E-state index < -0.39 is 17.8 Å². The smallest absolute Gasteiger partial charge is 0.397 e. The number of para-hydroxylation sites is 2. The van der Waals surface area contributed by atoms with Crippen LogP contribution in [0.1, 0.15) is 22.7 Å². The summed E-state index contributed by atoms with van der Waals surface area (Å²) in [5.74, 6) is -0.670. The van der Waals surface area contributed by atoms with Crippen molar-refractivity contribution >= 4 is 35.0 Å². The predicted molar refractivity (Wildman–Crippen MR) is 142 cm³/mol. The first-order valence-corrected chi connectivity index (χ1v) is 12.1. The van der Waals surface area contributed by atoms with Crippen molar-refractivity contribution in [1.29, 1.82) is 0 Å². The summed E-state index contributed by atoms with van der Waals surface area (Å²) in [5, 5.41) is 8.73. The first kappa shape index (κ1) is 26.9. The molecule has 0 spiro atoms. The van der Waals surface area contributed by atoms with Crippen LogP contribution in [0.4, 0.5) is 30.2 Å². The number of hydrogen-bond acceptors (Lipinski definition) is 5. The van der Waals surface area contributed by atoms with Crippen molar-refractivity contribution in [2.75, 3.05) is 42.5 Å². The molecule has 0 bridgehead atoms. The molecule has 38 heavy (non-hydrogen) atoms. The third-order valence-electron chi connectivity index (χ3n) is 6.14. The number of nitrogens with zero attached hydrogens (tertiary/aromatic N) is 1. The number of alkyl halides is 3. The van der Waals surface area contributed by atoms with Crippen LogP contribution < -0.4 is 21.7 Å². The second kappa shape index (κ2) is 11.9. The summed E-state index contributed by atoms with van der Waals surface area (Å²) < 4.78 is 38.7. The number of carbonyl (C=O) groups is 2. The van der Waals surface area contributed by atoms with Gasteiger partial charge < -0.3 is 21.7 Å². The molecule has 0 aliphatic carbocycles. The number of amides is 2. The van der Waals surface area contributed by atoms with Crippen LogP contribution in [-0.4, -0.2) is 42.9 Å². The molecule has 1 unspecified atom stereocenters. The zero-order valence-electron chi connectivity index (χ0n) is 20.5. The van der Waals surface area contributed by atoms with E-state index in [4.69, 9.17) is 5.73 Å². The summed E-state index contributed by atoms with van der Waals surface area (Å²) >= 11 is 0. The van der Waals surface area contributed by atoms with E-state index in [-0.39, 0.29) is 17.5 Å². The molecule has 5 N–H and O–H groups in total. The van der Waals surface area contributed by atoms with Gasteiger partial charge in [-0.2, -0.15) is 13.2 Å². The molecule has 198 valence electrons. The van der Waals surface area contributed by atoms with E-state index >= 15 is 0 Å². The van der Waals surface area contributed by atoms with Crippen LogP contribution in [0.15, 0.2) is 78.9 Å². The van der Waals surface area contributed by atoms with Crippen LogP contribution in [0.5, 0.6) is 0 Å². The SMILES string of the molecule is Nc1ccccc1NC(=O)/C=C/c1ccc(C(C(=O)Nc2ccc(C(F)(F)F)cc2)N2CCNCC2)cc1. The van der Waals surface area contributed by atoms with E-state index in [1.54, 1.807) is 42.5 Å². The van der Waals surface area contributed by atoms with Crippen molar-refractivity contribution in [2.24, 2.45) is 0 Å². The summed E-state index contributed by atoms with van der Waals surface area (Å²) in [7, 11) is 0. The molecule has 1 atom stereocenters. The largest absolute Gasteiger partial charge is 0.416 e. The Kier molecular flexibility index (Phi) is 8.45. The fourth-order valence-electron chi connectivity index (χ4n) is 4.17. The number of nitrogens with two attached hydrogens (primary N) is 1. The van der Waals surface area contributed by atoms with Gasteiger partial charge in [-0.05, 0) is 53.6 Å². The van der Waals surface area contributed by atoms with Crippen molar-refractivity contribution < 1.29 is 22.8 Å². The Morgan fingerprint density at radius 1 is 0.921 bits per heavy atom. The van der Waals surface area contributed by atoms with Crippen molar-refractivity contribution in [3.05, 3.63) is 95.6 Å². The summed E-state index contributed by atoms with van der Waals surface area (Å²) in [6.07, 6.45) is -1.40. The highest BCUT2D eigenvalue weighted by molar-refractivity contribution is 6.03. The van der Waals surface area contributed by atoms with E-state index in [9.17, 15) is 22.8 Å². The zero-order chi connectivity index (χ0) is 27.1. The van der Waals surface area contributed by atoms with Gasteiger partial charge in [-0.1, -0.05) is 36.4 Å². The van der Waals surface area contributed by atoms with Crippen molar-refractivity contribution in [2.45, 2.75) is 12.2 Å². The molecule has 3 aromatic carbocycles. The lowest BCUT2D eigenvalue weighted by atomic mass is 10.0. The lowest BCUT2D eigenvalue weighted by molar-refractivity contribution is -0.137. The Balaban J connectivity index is 1.47. The summed E-state index contributed by atoms with van der Waals surface area (Å²) in [4.78, 5) is 27.6. The maximum absolute atomic E-state index is 13.3. The first-order chi connectivity index (χ1) is 18.2. The fourth-order valence-corrected chi connectivity index (χ4v) is 4.17. The van der Waals surface area contributed by atoms with Gasteiger partial charge in [0.25, 0.3) is 0 Å². The van der Waals surface area contributed by atoms with E-state index in [0.717, 1.165) is 23.3 Å². The molecule has 7 nitrogen and oxygen atoms in total. The number of carbonyl (C=O) groups excluding carboxylic acids is 2.